The molecule has 0 amide bonds. The van der Waals surface area contributed by atoms with Crippen LogP contribution in [0.3, 0.4) is 0 Å². The summed E-state index contributed by atoms with van der Waals surface area (Å²) in [7, 11) is 0. The summed E-state index contributed by atoms with van der Waals surface area (Å²) in [6.45, 7) is 3.80. The van der Waals surface area contributed by atoms with E-state index in [0.717, 1.165) is 12.8 Å². The molecule has 1 aromatic carbocycles. The number of hydrogen-bond donors (Lipinski definition) is 0. The van der Waals surface area contributed by atoms with Crippen LogP contribution in [-0.4, -0.2) is 25.0 Å². The minimum atomic E-state index is -0.392. The van der Waals surface area contributed by atoms with Crippen molar-refractivity contribution >= 4 is 11.8 Å². The Hall–Kier alpha value is -1.84. The second-order valence-electron chi connectivity index (χ2n) is 3.95. The summed E-state index contributed by atoms with van der Waals surface area (Å²) in [5.41, 5.74) is 0.562. The van der Waals surface area contributed by atoms with Crippen LogP contribution in [0.25, 0.3) is 0 Å². The molecule has 0 spiro atoms. The van der Waals surface area contributed by atoms with Gasteiger partial charge in [-0.1, -0.05) is 25.5 Å². The molecule has 4 heteroatoms. The fourth-order valence-electron chi connectivity index (χ4n) is 1.32. The second kappa shape index (κ2) is 7.48. The normalized spacial score (nSPS) is 9.89. The number of ketones is 1. The topological polar surface area (TPSA) is 52.6 Å². The molecule has 0 atom stereocenters. The van der Waals surface area contributed by atoms with Crippen LogP contribution in [0.15, 0.2) is 24.3 Å². The summed E-state index contributed by atoms with van der Waals surface area (Å²) in [6.07, 6.45) is 1.83. The number of benzene rings is 1. The summed E-state index contributed by atoms with van der Waals surface area (Å²) in [6, 6.07) is 6.73. The summed E-state index contributed by atoms with van der Waals surface area (Å²) >= 11 is 0. The maximum Gasteiger partial charge on any atom is 0.344 e. The first-order chi connectivity index (χ1) is 8.63. The van der Waals surface area contributed by atoms with E-state index in [4.69, 9.17) is 9.47 Å². The van der Waals surface area contributed by atoms with E-state index in [0.29, 0.717) is 17.9 Å². The van der Waals surface area contributed by atoms with Crippen LogP contribution >= 0.6 is 0 Å². The van der Waals surface area contributed by atoms with E-state index in [9.17, 15) is 9.59 Å². The largest absolute Gasteiger partial charge is 0.482 e. The molecular weight excluding hydrogens is 232 g/mol. The fourth-order valence-corrected chi connectivity index (χ4v) is 1.32. The number of rotatable bonds is 7. The van der Waals surface area contributed by atoms with Crippen LogP contribution in [-0.2, 0) is 9.53 Å². The highest BCUT2D eigenvalue weighted by Crippen LogP contribution is 2.13. The highest BCUT2D eigenvalue weighted by Gasteiger charge is 2.05. The van der Waals surface area contributed by atoms with Crippen molar-refractivity contribution in [2.45, 2.75) is 26.7 Å². The Labute approximate surface area is 107 Å². The Morgan fingerprint density at radius 3 is 2.72 bits per heavy atom. The number of carbonyl (C=O) groups is 2. The SMILES string of the molecule is CCCCOC(=O)COc1cccc(C(C)=O)c1. The van der Waals surface area contributed by atoms with E-state index in [1.54, 1.807) is 24.3 Å². The van der Waals surface area contributed by atoms with Gasteiger partial charge in [-0.3, -0.25) is 4.79 Å². The van der Waals surface area contributed by atoms with E-state index < -0.39 is 5.97 Å². The maximum absolute atomic E-state index is 11.3. The lowest BCUT2D eigenvalue weighted by Crippen LogP contribution is -2.15. The molecule has 0 fully saturated rings. The number of carbonyl (C=O) groups excluding carboxylic acids is 2. The molecule has 18 heavy (non-hydrogen) atoms. The van der Waals surface area contributed by atoms with E-state index in [-0.39, 0.29) is 12.4 Å². The lowest BCUT2D eigenvalue weighted by Gasteiger charge is -2.07. The molecular formula is C14H18O4. The molecule has 0 saturated carbocycles. The second-order valence-corrected chi connectivity index (χ2v) is 3.95. The predicted octanol–water partition coefficient (Wildman–Crippen LogP) is 2.61. The zero-order valence-corrected chi connectivity index (χ0v) is 10.8. The smallest absolute Gasteiger partial charge is 0.344 e. The van der Waals surface area contributed by atoms with Gasteiger partial charge in [0.15, 0.2) is 12.4 Å². The van der Waals surface area contributed by atoms with E-state index in [1.807, 2.05) is 6.92 Å². The first kappa shape index (κ1) is 14.2. The van der Waals surface area contributed by atoms with Gasteiger partial charge in [-0.05, 0) is 25.5 Å². The van der Waals surface area contributed by atoms with Gasteiger partial charge in [-0.2, -0.15) is 0 Å². The monoisotopic (exact) mass is 250 g/mol. The average molecular weight is 250 g/mol. The lowest BCUT2D eigenvalue weighted by molar-refractivity contribution is -0.146. The van der Waals surface area contributed by atoms with Gasteiger partial charge in [-0.15, -0.1) is 0 Å². The quantitative estimate of drug-likeness (QED) is 0.424. The van der Waals surface area contributed by atoms with Gasteiger partial charge in [0.2, 0.25) is 0 Å². The molecule has 0 aliphatic carbocycles. The maximum atomic E-state index is 11.3. The highest BCUT2D eigenvalue weighted by molar-refractivity contribution is 5.94. The van der Waals surface area contributed by atoms with Gasteiger partial charge in [0.25, 0.3) is 0 Å². The van der Waals surface area contributed by atoms with Crippen molar-refractivity contribution in [1.29, 1.82) is 0 Å². The van der Waals surface area contributed by atoms with Crippen LogP contribution < -0.4 is 4.74 Å². The van der Waals surface area contributed by atoms with Gasteiger partial charge in [-0.25, -0.2) is 4.79 Å². The molecule has 1 rings (SSSR count). The first-order valence-corrected chi connectivity index (χ1v) is 6.03. The van der Waals surface area contributed by atoms with Gasteiger partial charge >= 0.3 is 5.97 Å². The third kappa shape index (κ3) is 4.99. The zero-order chi connectivity index (χ0) is 13.4. The van der Waals surface area contributed by atoms with E-state index >= 15 is 0 Å². The minimum Gasteiger partial charge on any atom is -0.482 e. The summed E-state index contributed by atoms with van der Waals surface area (Å²) in [5, 5.41) is 0. The van der Waals surface area contributed by atoms with E-state index in [1.165, 1.54) is 6.92 Å². The van der Waals surface area contributed by atoms with Crippen molar-refractivity contribution in [3.63, 3.8) is 0 Å². The van der Waals surface area contributed by atoms with Crippen molar-refractivity contribution in [1.82, 2.24) is 0 Å². The molecule has 0 heterocycles. The van der Waals surface area contributed by atoms with Crippen molar-refractivity contribution in [3.8, 4) is 5.75 Å². The molecule has 0 aliphatic heterocycles. The van der Waals surface area contributed by atoms with Gasteiger partial charge in [0.05, 0.1) is 6.61 Å². The highest BCUT2D eigenvalue weighted by atomic mass is 16.6. The summed E-state index contributed by atoms with van der Waals surface area (Å²) in [4.78, 5) is 22.5. The molecule has 0 aliphatic rings. The van der Waals surface area contributed by atoms with Crippen molar-refractivity contribution in [2.75, 3.05) is 13.2 Å². The molecule has 98 valence electrons. The first-order valence-electron chi connectivity index (χ1n) is 6.03. The average Bonchev–Trinajstić information content (AvgIpc) is 2.37. The summed E-state index contributed by atoms with van der Waals surface area (Å²) < 4.78 is 10.2. The fraction of sp³-hybridized carbons (Fsp3) is 0.429. The third-order valence-electron chi connectivity index (χ3n) is 2.36. The van der Waals surface area contributed by atoms with Crippen LogP contribution in [0.2, 0.25) is 0 Å². The molecule has 0 N–H and O–H groups in total. The van der Waals surface area contributed by atoms with Crippen LogP contribution in [0.4, 0.5) is 0 Å². The molecule has 1 aromatic rings. The van der Waals surface area contributed by atoms with Gasteiger partial charge in [0, 0.05) is 5.56 Å². The Bertz CT molecular complexity index is 412. The Morgan fingerprint density at radius 1 is 1.28 bits per heavy atom. The third-order valence-corrected chi connectivity index (χ3v) is 2.36. The van der Waals surface area contributed by atoms with Crippen molar-refractivity contribution in [2.24, 2.45) is 0 Å². The number of ether oxygens (including phenoxy) is 2. The molecule has 4 nitrogen and oxygen atoms in total. The number of Topliss-reactive ketones (excluding diaryl/α,β-unsaturated/α-hetero) is 1. The van der Waals surface area contributed by atoms with Crippen LogP contribution in [0.5, 0.6) is 5.75 Å². The van der Waals surface area contributed by atoms with Crippen LogP contribution in [0.1, 0.15) is 37.0 Å². The minimum absolute atomic E-state index is 0.0361. The standard InChI is InChI=1S/C14H18O4/c1-3-4-8-17-14(16)10-18-13-7-5-6-12(9-13)11(2)15/h5-7,9H,3-4,8,10H2,1-2H3. The molecule has 0 aromatic heterocycles. The van der Waals surface area contributed by atoms with Gasteiger partial charge in [0.1, 0.15) is 5.75 Å². The Balaban J connectivity index is 2.41. The van der Waals surface area contributed by atoms with Crippen molar-refractivity contribution < 1.29 is 19.1 Å². The van der Waals surface area contributed by atoms with E-state index in [2.05, 4.69) is 0 Å². The molecule has 0 radical (unpaired) electrons. The Morgan fingerprint density at radius 2 is 2.06 bits per heavy atom. The number of unbranched alkanes of at least 4 members (excludes halogenated alkanes) is 1. The number of esters is 1. The van der Waals surface area contributed by atoms with Gasteiger partial charge < -0.3 is 9.47 Å². The molecule has 0 bridgehead atoms. The lowest BCUT2D eigenvalue weighted by atomic mass is 10.1. The zero-order valence-electron chi connectivity index (χ0n) is 10.8. The molecule has 0 unspecified atom stereocenters. The number of hydrogen-bond acceptors (Lipinski definition) is 4. The van der Waals surface area contributed by atoms with Crippen LogP contribution in [0, 0.1) is 0 Å². The van der Waals surface area contributed by atoms with Crippen molar-refractivity contribution in [3.05, 3.63) is 29.8 Å². The summed E-state index contributed by atoms with van der Waals surface area (Å²) in [5.74, 6) is 0.0674. The molecule has 0 saturated heterocycles. The Kier molecular flexibility index (Phi) is 5.91. The predicted molar refractivity (Wildman–Crippen MR) is 67.8 cm³/mol.